The van der Waals surface area contributed by atoms with Crippen molar-refractivity contribution < 1.29 is 41.3 Å². The van der Waals surface area contributed by atoms with Crippen LogP contribution in [0, 0.1) is 0 Å². The van der Waals surface area contributed by atoms with Crippen molar-refractivity contribution in [2.24, 2.45) is 0 Å². The molecule has 0 spiro atoms. The third-order valence-electron chi connectivity index (χ3n) is 6.51. The van der Waals surface area contributed by atoms with E-state index in [-0.39, 0.29) is 6.54 Å². The number of nitrogens with one attached hydrogen (secondary N) is 1. The Morgan fingerprint density at radius 2 is 1.50 bits per heavy atom. The lowest BCUT2D eigenvalue weighted by Crippen LogP contribution is -2.62. The molecule has 3 aromatic carbocycles. The number of piperidine rings is 1. The van der Waals surface area contributed by atoms with Crippen molar-refractivity contribution in [1.29, 1.82) is 0 Å². The van der Waals surface area contributed by atoms with Crippen molar-refractivity contribution in [3.05, 3.63) is 72.8 Å². The van der Waals surface area contributed by atoms with E-state index in [0.717, 1.165) is 51.0 Å². The summed E-state index contributed by atoms with van der Waals surface area (Å²) in [7, 11) is -4.38. The van der Waals surface area contributed by atoms with Crippen molar-refractivity contribution in [3.63, 3.8) is 0 Å². The van der Waals surface area contributed by atoms with Crippen LogP contribution in [-0.2, 0) is 10.0 Å². The Balaban J connectivity index is 1.50. The van der Waals surface area contributed by atoms with Crippen molar-refractivity contribution in [2.45, 2.75) is 29.4 Å². The molecule has 2 N–H and O–H groups in total. The van der Waals surface area contributed by atoms with Gasteiger partial charge in [-0.05, 0) is 36.4 Å². The third kappa shape index (κ3) is 4.87. The molecule has 1 aliphatic heterocycles. The number of halogens is 3. The molecule has 200 valence electrons. The van der Waals surface area contributed by atoms with E-state index in [2.05, 4.69) is 9.46 Å². The first-order chi connectivity index (χ1) is 17.9. The summed E-state index contributed by atoms with van der Waals surface area (Å²) in [5.74, 6) is -0.608. The van der Waals surface area contributed by atoms with Gasteiger partial charge in [0.25, 0.3) is 0 Å². The Bertz CT molecular complexity index is 1550. The van der Waals surface area contributed by atoms with Gasteiger partial charge in [0, 0.05) is 34.9 Å². The molecule has 0 bridgehead atoms. The number of hydrogen-bond acceptors (Lipinski definition) is 6. The van der Waals surface area contributed by atoms with Crippen LogP contribution in [0.5, 0.6) is 5.75 Å². The number of carbonyl (C=O) groups is 1. The van der Waals surface area contributed by atoms with Crippen molar-refractivity contribution in [3.8, 4) is 5.75 Å². The molecular weight excluding hydrogens is 527 g/mol. The molecule has 1 amide bonds. The highest BCUT2D eigenvalue weighted by Crippen LogP contribution is 2.35. The number of para-hydroxylation sites is 2. The van der Waals surface area contributed by atoms with Gasteiger partial charge in [-0.1, -0.05) is 36.4 Å². The maximum atomic E-state index is 13.1. The number of aliphatic hydroxyl groups is 1. The van der Waals surface area contributed by atoms with Crippen LogP contribution in [0.4, 0.5) is 18.0 Å². The number of fused-ring (bicyclic) bond motifs is 3. The predicted octanol–water partition coefficient (Wildman–Crippen LogP) is 2.60. The minimum atomic E-state index is -4.94. The molecule has 1 aliphatic rings. The average molecular weight is 549 g/mol. The number of aromatic nitrogens is 1. The van der Waals surface area contributed by atoms with E-state index in [9.17, 15) is 36.6 Å². The maximum absolute atomic E-state index is 13.1. The van der Waals surface area contributed by atoms with Gasteiger partial charge in [0.15, 0.2) is 0 Å². The van der Waals surface area contributed by atoms with Crippen LogP contribution in [0.1, 0.15) is 6.04 Å². The zero-order valence-corrected chi connectivity index (χ0v) is 20.3. The molecule has 5 rings (SSSR count). The Labute approximate surface area is 214 Å². The summed E-state index contributed by atoms with van der Waals surface area (Å²) >= 11 is 0. The van der Waals surface area contributed by atoms with Crippen LogP contribution < -0.4 is 14.6 Å². The van der Waals surface area contributed by atoms with Gasteiger partial charge in [-0.15, -0.1) is 13.2 Å². The number of hydrogen-bond donors (Lipinski definition) is 2. The second-order valence-electron chi connectivity index (χ2n) is 8.88. The lowest BCUT2D eigenvalue weighted by molar-refractivity contribution is -0.274. The summed E-state index contributed by atoms with van der Waals surface area (Å²) in [5, 5.41) is 25.0. The van der Waals surface area contributed by atoms with Gasteiger partial charge < -0.3 is 29.2 Å². The molecule has 4 aromatic rings. The Kier molecular flexibility index (Phi) is 6.45. The molecular formula is C25H21F3N3O6S-. The number of likely N-dealkylation sites (tertiary alicyclic amines) is 1. The SMILES string of the molecule is O=C([O-])N1CC(NS(=O)(=O)c2ccc(OC(F)(F)F)cc2)C(O)C(n2c3ccccc3c3ccccc32)C1. The van der Waals surface area contributed by atoms with Gasteiger partial charge >= 0.3 is 6.36 Å². The van der Waals surface area contributed by atoms with Gasteiger partial charge in [0.05, 0.1) is 23.1 Å². The minimum absolute atomic E-state index is 0.159. The van der Waals surface area contributed by atoms with Crippen LogP contribution >= 0.6 is 0 Å². The van der Waals surface area contributed by atoms with Gasteiger partial charge in [0.1, 0.15) is 11.8 Å². The zero-order chi connectivity index (χ0) is 27.2. The monoisotopic (exact) mass is 548 g/mol. The summed E-state index contributed by atoms with van der Waals surface area (Å²) in [4.78, 5) is 12.4. The van der Waals surface area contributed by atoms with Crippen molar-refractivity contribution in [2.75, 3.05) is 13.1 Å². The Hall–Kier alpha value is -3.81. The smallest absolute Gasteiger partial charge is 0.530 e. The van der Waals surface area contributed by atoms with Crippen LogP contribution in [0.25, 0.3) is 21.8 Å². The highest BCUT2D eigenvalue weighted by molar-refractivity contribution is 7.89. The fourth-order valence-electron chi connectivity index (χ4n) is 4.91. The summed E-state index contributed by atoms with van der Waals surface area (Å²) in [6.07, 6.45) is -7.85. The van der Waals surface area contributed by atoms with Crippen LogP contribution in [0.2, 0.25) is 0 Å². The predicted molar refractivity (Wildman–Crippen MR) is 129 cm³/mol. The van der Waals surface area contributed by atoms with E-state index >= 15 is 0 Å². The number of benzene rings is 3. The number of alkyl halides is 3. The molecule has 2 heterocycles. The molecule has 1 aromatic heterocycles. The van der Waals surface area contributed by atoms with Gasteiger partial charge in [0.2, 0.25) is 10.0 Å². The molecule has 0 aliphatic carbocycles. The topological polar surface area (TPSA) is 124 Å². The van der Waals surface area contributed by atoms with E-state index in [4.69, 9.17) is 0 Å². The lowest BCUT2D eigenvalue weighted by atomic mass is 9.97. The molecule has 13 heteroatoms. The molecule has 1 fully saturated rings. The van der Waals surface area contributed by atoms with E-state index in [1.807, 2.05) is 36.4 Å². The second-order valence-corrected chi connectivity index (χ2v) is 10.6. The van der Waals surface area contributed by atoms with E-state index in [0.29, 0.717) is 0 Å². The molecule has 3 atom stereocenters. The number of nitrogens with zero attached hydrogens (tertiary/aromatic N) is 2. The molecule has 9 nitrogen and oxygen atoms in total. The number of carboxylic acid groups (broad SMARTS) is 1. The van der Waals surface area contributed by atoms with Gasteiger partial charge in [-0.25, -0.2) is 13.1 Å². The highest BCUT2D eigenvalue weighted by atomic mass is 32.2. The first-order valence-electron chi connectivity index (χ1n) is 11.4. The van der Waals surface area contributed by atoms with Crippen LogP contribution in [0.15, 0.2) is 77.7 Å². The van der Waals surface area contributed by atoms with E-state index in [1.165, 1.54) is 0 Å². The lowest BCUT2D eigenvalue weighted by Gasteiger charge is -2.43. The Morgan fingerprint density at radius 1 is 0.947 bits per heavy atom. The largest absolute Gasteiger partial charge is 0.573 e. The zero-order valence-electron chi connectivity index (χ0n) is 19.5. The van der Waals surface area contributed by atoms with Gasteiger partial charge in [-0.2, -0.15) is 0 Å². The van der Waals surface area contributed by atoms with Crippen molar-refractivity contribution >= 4 is 37.9 Å². The second kappa shape index (κ2) is 9.49. The van der Waals surface area contributed by atoms with Gasteiger partial charge in [-0.3, -0.25) is 0 Å². The molecule has 3 unspecified atom stereocenters. The number of ether oxygens (including phenoxy) is 1. The quantitative estimate of drug-likeness (QED) is 0.395. The molecule has 0 radical (unpaired) electrons. The first-order valence-corrected chi connectivity index (χ1v) is 12.9. The fourth-order valence-corrected chi connectivity index (χ4v) is 6.15. The fraction of sp³-hybridized carbons (Fsp3) is 0.240. The van der Waals surface area contributed by atoms with Crippen LogP contribution in [-0.4, -0.2) is 60.7 Å². The summed E-state index contributed by atoms with van der Waals surface area (Å²) in [5.41, 5.74) is 1.44. The average Bonchev–Trinajstić information content (AvgIpc) is 3.19. The maximum Gasteiger partial charge on any atom is 0.573 e. The molecule has 1 saturated heterocycles. The number of aliphatic hydroxyl groups excluding tert-OH is 1. The minimum Gasteiger partial charge on any atom is -0.530 e. The molecule has 0 saturated carbocycles. The highest BCUT2D eigenvalue weighted by Gasteiger charge is 2.40. The third-order valence-corrected chi connectivity index (χ3v) is 8.02. The first kappa shape index (κ1) is 25.8. The summed E-state index contributed by atoms with van der Waals surface area (Å²) in [6.45, 7) is -0.556. The van der Waals surface area contributed by atoms with E-state index < -0.39 is 57.9 Å². The Morgan fingerprint density at radius 3 is 2.03 bits per heavy atom. The summed E-state index contributed by atoms with van der Waals surface area (Å²) < 4.78 is 71.3. The number of carbonyl (C=O) groups excluding carboxylic acids is 1. The van der Waals surface area contributed by atoms with Crippen molar-refractivity contribution in [1.82, 2.24) is 14.2 Å². The number of sulfonamides is 1. The number of rotatable bonds is 5. The van der Waals surface area contributed by atoms with E-state index in [1.54, 1.807) is 16.7 Å². The normalized spacial score (nSPS) is 20.6. The standard InChI is InChI=1S/C25H22F3N3O6S/c26-25(27,28)37-15-9-11-16(12-10-15)38(35,36)29-19-13-30(24(33)34)14-22(23(19)32)31-20-7-3-1-5-17(20)18-6-2-4-8-21(18)31/h1-12,19,22-23,29,32H,13-14H2,(H,33,34)/p-1. The number of amides is 1. The van der Waals surface area contributed by atoms with Crippen LogP contribution in [0.3, 0.4) is 0 Å². The summed E-state index contributed by atoms with van der Waals surface area (Å²) in [6, 6.07) is 16.1. The molecule has 38 heavy (non-hydrogen) atoms.